The number of hydrogen-bond acceptors (Lipinski definition) is 4. The SMILES string of the molecule is CCCCN(CCCC)C(=O)Oc1ccc2c(c1)[C@@]1(C)CCCCC[C@@H](C2)[C@@H]1NC(=O)OCc1ccccc1. The Bertz CT molecular complexity index is 1080. The first-order chi connectivity index (χ1) is 18.9. The van der Waals surface area contributed by atoms with Crippen LogP contribution in [0, 0.1) is 5.92 Å². The van der Waals surface area contributed by atoms with Gasteiger partial charge in [0.25, 0.3) is 0 Å². The van der Waals surface area contributed by atoms with Gasteiger partial charge in [-0.15, -0.1) is 0 Å². The van der Waals surface area contributed by atoms with Gasteiger partial charge in [0.15, 0.2) is 0 Å². The molecule has 6 heteroatoms. The van der Waals surface area contributed by atoms with Gasteiger partial charge in [-0.05, 0) is 66.8 Å². The van der Waals surface area contributed by atoms with Crippen molar-refractivity contribution in [2.45, 2.75) is 103 Å². The van der Waals surface area contributed by atoms with Gasteiger partial charge in [-0.3, -0.25) is 0 Å². The fraction of sp³-hybridized carbons (Fsp3) is 0.576. The van der Waals surface area contributed by atoms with E-state index in [1.807, 2.05) is 41.3 Å². The molecule has 0 heterocycles. The summed E-state index contributed by atoms with van der Waals surface area (Å²) in [5.41, 5.74) is 3.19. The molecule has 39 heavy (non-hydrogen) atoms. The van der Waals surface area contributed by atoms with Crippen molar-refractivity contribution in [3.63, 3.8) is 0 Å². The first-order valence-electron chi connectivity index (χ1n) is 15.0. The Morgan fingerprint density at radius 3 is 2.46 bits per heavy atom. The van der Waals surface area contributed by atoms with Crippen LogP contribution in [0.2, 0.25) is 0 Å². The lowest BCUT2D eigenvalue weighted by Crippen LogP contribution is -2.57. The van der Waals surface area contributed by atoms with E-state index in [-0.39, 0.29) is 30.3 Å². The third-order valence-electron chi connectivity index (χ3n) is 8.62. The van der Waals surface area contributed by atoms with Crippen molar-refractivity contribution in [2.75, 3.05) is 13.1 Å². The highest BCUT2D eigenvalue weighted by atomic mass is 16.6. The zero-order chi connectivity index (χ0) is 27.7. The topological polar surface area (TPSA) is 67.9 Å². The number of carbonyl (C=O) groups is 2. The second kappa shape index (κ2) is 13.9. The largest absolute Gasteiger partial charge is 0.445 e. The highest BCUT2D eigenvalue weighted by Crippen LogP contribution is 2.47. The van der Waals surface area contributed by atoms with Gasteiger partial charge in [-0.1, -0.05) is 89.3 Å². The molecule has 0 radical (unpaired) electrons. The van der Waals surface area contributed by atoms with Crippen LogP contribution in [0.4, 0.5) is 9.59 Å². The van der Waals surface area contributed by atoms with Gasteiger partial charge in [0.1, 0.15) is 12.4 Å². The molecule has 0 aromatic heterocycles. The number of ether oxygens (including phenoxy) is 2. The van der Waals surface area contributed by atoms with Crippen LogP contribution in [0.15, 0.2) is 48.5 Å². The van der Waals surface area contributed by atoms with E-state index in [9.17, 15) is 9.59 Å². The monoisotopic (exact) mass is 534 g/mol. The molecule has 3 atom stereocenters. The van der Waals surface area contributed by atoms with Crippen LogP contribution < -0.4 is 10.1 Å². The molecule has 1 N–H and O–H groups in total. The Hall–Kier alpha value is -3.02. The average Bonchev–Trinajstić information content (AvgIpc) is 2.94. The van der Waals surface area contributed by atoms with Crippen LogP contribution in [-0.2, 0) is 23.2 Å². The number of hydrogen-bond donors (Lipinski definition) is 1. The van der Waals surface area contributed by atoms with E-state index < -0.39 is 0 Å². The highest BCUT2D eigenvalue weighted by Gasteiger charge is 2.47. The third-order valence-corrected chi connectivity index (χ3v) is 8.62. The number of alkyl carbamates (subject to hydrolysis) is 1. The summed E-state index contributed by atoms with van der Waals surface area (Å²) in [5.74, 6) is 0.933. The molecule has 6 nitrogen and oxygen atoms in total. The molecule has 2 aromatic carbocycles. The van der Waals surface area contributed by atoms with Gasteiger partial charge >= 0.3 is 12.2 Å². The number of carbonyl (C=O) groups excluding carboxylic acids is 2. The van der Waals surface area contributed by atoms with Gasteiger partial charge in [-0.2, -0.15) is 0 Å². The average molecular weight is 535 g/mol. The van der Waals surface area contributed by atoms with Gasteiger partial charge in [0.2, 0.25) is 0 Å². The van der Waals surface area contributed by atoms with Gasteiger partial charge in [0, 0.05) is 24.5 Å². The third kappa shape index (κ3) is 7.34. The van der Waals surface area contributed by atoms with Crippen molar-refractivity contribution in [3.05, 3.63) is 65.2 Å². The zero-order valence-electron chi connectivity index (χ0n) is 24.0. The zero-order valence-corrected chi connectivity index (χ0v) is 24.0. The molecule has 0 aliphatic heterocycles. The number of unbranched alkanes of at least 4 members (excludes halogenated alkanes) is 2. The summed E-state index contributed by atoms with van der Waals surface area (Å²) in [6, 6.07) is 15.9. The molecule has 0 spiro atoms. The Balaban J connectivity index is 1.53. The predicted octanol–water partition coefficient (Wildman–Crippen LogP) is 7.78. The first-order valence-corrected chi connectivity index (χ1v) is 15.0. The summed E-state index contributed by atoms with van der Waals surface area (Å²) in [6.07, 6.45) is 9.81. The van der Waals surface area contributed by atoms with Crippen LogP contribution in [-0.4, -0.2) is 36.2 Å². The molecule has 0 saturated heterocycles. The Kier molecular flexibility index (Phi) is 10.3. The van der Waals surface area contributed by atoms with Gasteiger partial charge in [-0.25, -0.2) is 9.59 Å². The van der Waals surface area contributed by atoms with Crippen molar-refractivity contribution in [1.29, 1.82) is 0 Å². The number of fused-ring (bicyclic) bond motifs is 4. The van der Waals surface area contributed by atoms with E-state index in [0.717, 1.165) is 70.0 Å². The van der Waals surface area contributed by atoms with Crippen LogP contribution >= 0.6 is 0 Å². The van der Waals surface area contributed by atoms with Crippen LogP contribution in [0.3, 0.4) is 0 Å². The van der Waals surface area contributed by atoms with Gasteiger partial charge in [0.05, 0.1) is 0 Å². The number of amides is 2. The molecular weight excluding hydrogens is 488 g/mol. The molecule has 0 unspecified atom stereocenters. The molecule has 1 fully saturated rings. The lowest BCUT2D eigenvalue weighted by atomic mass is 9.59. The van der Waals surface area contributed by atoms with Crippen molar-refractivity contribution in [3.8, 4) is 5.75 Å². The first kappa shape index (κ1) is 29.0. The highest BCUT2D eigenvalue weighted by molar-refractivity contribution is 5.71. The molecule has 2 aromatic rings. The Labute approximate surface area is 234 Å². The van der Waals surface area contributed by atoms with E-state index in [4.69, 9.17) is 9.47 Å². The fourth-order valence-electron chi connectivity index (χ4n) is 6.38. The number of nitrogens with zero attached hydrogens (tertiary/aromatic N) is 1. The molecule has 2 amide bonds. The molecule has 2 aliphatic rings. The Morgan fingerprint density at radius 2 is 1.74 bits per heavy atom. The lowest BCUT2D eigenvalue weighted by molar-refractivity contribution is 0.110. The Morgan fingerprint density at radius 1 is 1.00 bits per heavy atom. The molecule has 2 bridgehead atoms. The molecular formula is C33H46N2O4. The lowest BCUT2D eigenvalue weighted by Gasteiger charge is -2.49. The smallest absolute Gasteiger partial charge is 0.415 e. The summed E-state index contributed by atoms with van der Waals surface area (Å²) >= 11 is 0. The van der Waals surface area contributed by atoms with E-state index in [1.165, 1.54) is 24.0 Å². The molecule has 1 saturated carbocycles. The van der Waals surface area contributed by atoms with Crippen LogP contribution in [0.25, 0.3) is 0 Å². The molecule has 4 rings (SSSR count). The second-order valence-corrected chi connectivity index (χ2v) is 11.5. The van der Waals surface area contributed by atoms with E-state index in [2.05, 4.69) is 38.2 Å². The second-order valence-electron chi connectivity index (χ2n) is 11.5. The summed E-state index contributed by atoms with van der Waals surface area (Å²) in [7, 11) is 0. The standard InChI is InChI=1S/C33H46N2O4/c1-4-6-20-35(21-7-5-2)32(37)39-28-18-17-26-22-27-16-12-9-13-19-33(3,29(26)23-28)30(27)34-31(36)38-24-25-14-10-8-11-15-25/h8,10-11,14-15,17-18,23,27,30H,4-7,9,12-13,16,19-22,24H2,1-3H3,(H,34,36)/t27-,30-,33+/m0/s1. The number of rotatable bonds is 10. The van der Waals surface area contributed by atoms with Crippen LogP contribution in [0.5, 0.6) is 5.75 Å². The van der Waals surface area contributed by atoms with Crippen molar-refractivity contribution >= 4 is 12.2 Å². The summed E-state index contributed by atoms with van der Waals surface area (Å²) in [6.45, 7) is 8.23. The summed E-state index contributed by atoms with van der Waals surface area (Å²) < 4.78 is 11.6. The van der Waals surface area contributed by atoms with E-state index in [0.29, 0.717) is 11.7 Å². The molecule has 2 aliphatic carbocycles. The maximum atomic E-state index is 13.1. The van der Waals surface area contributed by atoms with E-state index in [1.54, 1.807) is 0 Å². The quantitative estimate of drug-likeness (QED) is 0.338. The summed E-state index contributed by atoms with van der Waals surface area (Å²) in [5, 5.41) is 3.29. The minimum absolute atomic E-state index is 0.0369. The van der Waals surface area contributed by atoms with E-state index >= 15 is 0 Å². The minimum Gasteiger partial charge on any atom is -0.445 e. The van der Waals surface area contributed by atoms with Crippen molar-refractivity contribution in [1.82, 2.24) is 10.2 Å². The fourth-order valence-corrected chi connectivity index (χ4v) is 6.38. The summed E-state index contributed by atoms with van der Waals surface area (Å²) in [4.78, 5) is 28.0. The maximum absolute atomic E-state index is 13.1. The van der Waals surface area contributed by atoms with Gasteiger partial charge < -0.3 is 19.7 Å². The predicted molar refractivity (Wildman–Crippen MR) is 155 cm³/mol. The number of nitrogens with one attached hydrogen (secondary N) is 1. The minimum atomic E-state index is -0.367. The van der Waals surface area contributed by atoms with Crippen molar-refractivity contribution < 1.29 is 19.1 Å². The molecule has 212 valence electrons. The maximum Gasteiger partial charge on any atom is 0.415 e. The normalized spacial score (nSPS) is 22.1. The van der Waals surface area contributed by atoms with Crippen molar-refractivity contribution in [2.24, 2.45) is 5.92 Å². The number of benzene rings is 2. The van der Waals surface area contributed by atoms with Crippen LogP contribution in [0.1, 0.15) is 95.2 Å².